The summed E-state index contributed by atoms with van der Waals surface area (Å²) >= 11 is 0. The standard InChI is InChI=1S/C22H29NO4/c1-6-27-20-10-8-7-9-19(20)23-16(3)18-12-22(13-25-4,14-26-5)11-17(18)15(2)21(23)24/h7-10H,6,11-14H2,1-5H3. The largest absolute Gasteiger partial charge is 0.492 e. The number of rotatable bonds is 7. The molecule has 0 atom stereocenters. The maximum atomic E-state index is 13.3. The number of ether oxygens (including phenoxy) is 3. The molecule has 0 saturated heterocycles. The van der Waals surface area contributed by atoms with Crippen molar-refractivity contribution in [2.45, 2.75) is 33.6 Å². The molecule has 0 unspecified atom stereocenters. The molecule has 0 fully saturated rings. The number of hydrogen-bond donors (Lipinski definition) is 0. The van der Waals surface area contributed by atoms with Gasteiger partial charge >= 0.3 is 0 Å². The molecular weight excluding hydrogens is 342 g/mol. The normalized spacial score (nSPS) is 15.0. The van der Waals surface area contributed by atoms with Crippen molar-refractivity contribution in [1.29, 1.82) is 0 Å². The molecule has 146 valence electrons. The van der Waals surface area contributed by atoms with E-state index in [-0.39, 0.29) is 11.0 Å². The molecule has 0 radical (unpaired) electrons. The molecule has 0 saturated carbocycles. The second kappa shape index (κ2) is 7.87. The first-order valence-corrected chi connectivity index (χ1v) is 9.42. The van der Waals surface area contributed by atoms with E-state index in [4.69, 9.17) is 14.2 Å². The Labute approximate surface area is 160 Å². The molecule has 1 aliphatic carbocycles. The Kier molecular flexibility index (Phi) is 5.72. The van der Waals surface area contributed by atoms with Crippen molar-refractivity contribution in [3.05, 3.63) is 57.0 Å². The fourth-order valence-corrected chi connectivity index (χ4v) is 4.38. The van der Waals surface area contributed by atoms with Crippen LogP contribution in [0.15, 0.2) is 29.1 Å². The number of aromatic nitrogens is 1. The SMILES string of the molecule is CCOc1ccccc1-n1c(C)c2c(c(C)c1=O)CC(COC)(COC)C2. The summed E-state index contributed by atoms with van der Waals surface area (Å²) in [4.78, 5) is 13.3. The van der Waals surface area contributed by atoms with Crippen LogP contribution in [-0.4, -0.2) is 38.6 Å². The molecule has 0 spiro atoms. The molecule has 0 amide bonds. The Hall–Kier alpha value is -2.11. The Balaban J connectivity index is 2.18. The van der Waals surface area contributed by atoms with Gasteiger partial charge in [0.1, 0.15) is 5.75 Å². The number of nitrogens with zero attached hydrogens (tertiary/aromatic N) is 1. The Morgan fingerprint density at radius 2 is 1.67 bits per heavy atom. The van der Waals surface area contributed by atoms with E-state index in [2.05, 4.69) is 0 Å². The highest BCUT2D eigenvalue weighted by Gasteiger charge is 2.40. The van der Waals surface area contributed by atoms with Crippen LogP contribution in [0.2, 0.25) is 0 Å². The topological polar surface area (TPSA) is 49.7 Å². The van der Waals surface area contributed by atoms with Crippen LogP contribution in [0.3, 0.4) is 0 Å². The van der Waals surface area contributed by atoms with Gasteiger partial charge in [0.25, 0.3) is 5.56 Å². The van der Waals surface area contributed by atoms with Crippen LogP contribution in [0.5, 0.6) is 5.75 Å². The summed E-state index contributed by atoms with van der Waals surface area (Å²) in [5.41, 5.74) is 4.85. The molecule has 1 aromatic heterocycles. The van der Waals surface area contributed by atoms with Gasteiger partial charge in [-0.2, -0.15) is 0 Å². The maximum absolute atomic E-state index is 13.3. The molecule has 0 bridgehead atoms. The van der Waals surface area contributed by atoms with Crippen LogP contribution in [-0.2, 0) is 22.3 Å². The molecule has 2 aromatic rings. The number of methoxy groups -OCH3 is 2. The number of hydrogen-bond acceptors (Lipinski definition) is 4. The first-order valence-electron chi connectivity index (χ1n) is 9.42. The molecule has 1 aliphatic rings. The van der Waals surface area contributed by atoms with Crippen molar-refractivity contribution in [2.24, 2.45) is 5.41 Å². The van der Waals surface area contributed by atoms with Gasteiger partial charge in [-0.15, -0.1) is 0 Å². The van der Waals surface area contributed by atoms with Gasteiger partial charge in [0.05, 0.1) is 25.5 Å². The van der Waals surface area contributed by atoms with Crippen LogP contribution in [0.25, 0.3) is 5.69 Å². The minimum absolute atomic E-state index is 0.0176. The van der Waals surface area contributed by atoms with E-state index in [1.54, 1.807) is 18.8 Å². The summed E-state index contributed by atoms with van der Waals surface area (Å²) in [5, 5.41) is 0. The van der Waals surface area contributed by atoms with Crippen LogP contribution >= 0.6 is 0 Å². The summed E-state index contributed by atoms with van der Waals surface area (Å²) in [7, 11) is 3.44. The average molecular weight is 371 g/mol. The minimum Gasteiger partial charge on any atom is -0.492 e. The van der Waals surface area contributed by atoms with Gasteiger partial charge in [-0.25, -0.2) is 0 Å². The third kappa shape index (κ3) is 3.42. The smallest absolute Gasteiger partial charge is 0.258 e. The highest BCUT2D eigenvalue weighted by Crippen LogP contribution is 2.40. The first kappa shape index (κ1) is 19.6. The van der Waals surface area contributed by atoms with Crippen molar-refractivity contribution in [3.8, 4) is 11.4 Å². The van der Waals surface area contributed by atoms with E-state index >= 15 is 0 Å². The summed E-state index contributed by atoms with van der Waals surface area (Å²) in [5.74, 6) is 0.725. The van der Waals surface area contributed by atoms with Crippen molar-refractivity contribution in [1.82, 2.24) is 4.57 Å². The quantitative estimate of drug-likeness (QED) is 0.750. The highest BCUT2D eigenvalue weighted by molar-refractivity contribution is 5.52. The van der Waals surface area contributed by atoms with Gasteiger partial charge < -0.3 is 14.2 Å². The monoisotopic (exact) mass is 371 g/mol. The lowest BCUT2D eigenvalue weighted by molar-refractivity contribution is 0.0167. The zero-order valence-corrected chi connectivity index (χ0v) is 16.9. The third-order valence-electron chi connectivity index (χ3n) is 5.52. The van der Waals surface area contributed by atoms with Crippen LogP contribution < -0.4 is 10.3 Å². The summed E-state index contributed by atoms with van der Waals surface area (Å²) in [6.45, 7) is 7.67. The Bertz CT molecular complexity index is 879. The zero-order valence-electron chi connectivity index (χ0n) is 16.9. The Morgan fingerprint density at radius 3 is 2.30 bits per heavy atom. The van der Waals surface area contributed by atoms with Crippen molar-refractivity contribution < 1.29 is 14.2 Å². The fourth-order valence-electron chi connectivity index (χ4n) is 4.38. The minimum atomic E-state index is -0.119. The average Bonchev–Trinajstić information content (AvgIpc) is 3.02. The second-order valence-corrected chi connectivity index (χ2v) is 7.43. The van der Waals surface area contributed by atoms with Crippen molar-refractivity contribution in [3.63, 3.8) is 0 Å². The highest BCUT2D eigenvalue weighted by atomic mass is 16.5. The number of pyridine rings is 1. The zero-order chi connectivity index (χ0) is 19.6. The van der Waals surface area contributed by atoms with Gasteiger partial charge in [0, 0.05) is 30.9 Å². The molecule has 27 heavy (non-hydrogen) atoms. The lowest BCUT2D eigenvalue weighted by atomic mass is 9.86. The van der Waals surface area contributed by atoms with Gasteiger partial charge in [0.2, 0.25) is 0 Å². The van der Waals surface area contributed by atoms with E-state index in [1.165, 1.54) is 5.56 Å². The summed E-state index contributed by atoms with van der Waals surface area (Å²) in [6, 6.07) is 7.72. The predicted octanol–water partition coefficient (Wildman–Crippen LogP) is 3.23. The van der Waals surface area contributed by atoms with E-state index in [0.29, 0.717) is 19.8 Å². The number of para-hydroxylation sites is 2. The van der Waals surface area contributed by atoms with E-state index < -0.39 is 0 Å². The third-order valence-corrected chi connectivity index (χ3v) is 5.52. The molecular formula is C22H29NO4. The number of fused-ring (bicyclic) bond motifs is 1. The van der Waals surface area contributed by atoms with Gasteiger partial charge in [-0.3, -0.25) is 9.36 Å². The number of benzene rings is 1. The Morgan fingerprint density at radius 1 is 1.04 bits per heavy atom. The van der Waals surface area contributed by atoms with E-state index in [1.807, 2.05) is 45.0 Å². The maximum Gasteiger partial charge on any atom is 0.258 e. The molecule has 5 heteroatoms. The lowest BCUT2D eigenvalue weighted by Crippen LogP contribution is -2.32. The van der Waals surface area contributed by atoms with Gasteiger partial charge in [-0.05, 0) is 56.9 Å². The van der Waals surface area contributed by atoms with Crippen LogP contribution in [0.4, 0.5) is 0 Å². The molecule has 0 N–H and O–H groups in total. The molecule has 1 heterocycles. The van der Waals surface area contributed by atoms with Gasteiger partial charge in [-0.1, -0.05) is 12.1 Å². The molecule has 5 nitrogen and oxygen atoms in total. The lowest BCUT2D eigenvalue weighted by Gasteiger charge is -2.27. The van der Waals surface area contributed by atoms with Gasteiger partial charge in [0.15, 0.2) is 0 Å². The van der Waals surface area contributed by atoms with Crippen molar-refractivity contribution in [2.75, 3.05) is 34.0 Å². The first-order chi connectivity index (χ1) is 13.0. The fraction of sp³-hybridized carbons (Fsp3) is 0.500. The van der Waals surface area contributed by atoms with Crippen LogP contribution in [0, 0.1) is 19.3 Å². The molecule has 1 aromatic carbocycles. The van der Waals surface area contributed by atoms with Crippen molar-refractivity contribution >= 4 is 0 Å². The molecule has 0 aliphatic heterocycles. The second-order valence-electron chi connectivity index (χ2n) is 7.43. The molecule has 3 rings (SSSR count). The summed E-state index contributed by atoms with van der Waals surface area (Å²) < 4.78 is 18.6. The van der Waals surface area contributed by atoms with E-state index in [9.17, 15) is 4.79 Å². The van der Waals surface area contributed by atoms with Crippen LogP contribution in [0.1, 0.15) is 29.3 Å². The van der Waals surface area contributed by atoms with E-state index in [0.717, 1.165) is 41.1 Å². The predicted molar refractivity (Wildman–Crippen MR) is 106 cm³/mol. The summed E-state index contributed by atoms with van der Waals surface area (Å²) in [6.07, 6.45) is 1.65.